The van der Waals surface area contributed by atoms with Crippen LogP contribution in [0.25, 0.3) is 11.1 Å². The summed E-state index contributed by atoms with van der Waals surface area (Å²) in [5, 5.41) is 11.7. The van der Waals surface area contributed by atoms with Crippen LogP contribution < -0.4 is 34.7 Å². The zero-order chi connectivity index (χ0) is 23.0. The Kier molecular flexibility index (Phi) is 9.23. The molecule has 0 saturated heterocycles. The predicted molar refractivity (Wildman–Crippen MR) is 127 cm³/mol. The zero-order valence-electron chi connectivity index (χ0n) is 19.2. The molecule has 0 aromatic heterocycles. The Bertz CT molecular complexity index is 1240. The first-order chi connectivity index (χ1) is 16.1. The van der Waals surface area contributed by atoms with Crippen molar-refractivity contribution in [1.29, 1.82) is 0 Å². The largest absolute Gasteiger partial charge is 1.00 e. The molecule has 5 heteroatoms. The van der Waals surface area contributed by atoms with Crippen molar-refractivity contribution in [3.63, 3.8) is 0 Å². The predicted octanol–water partition coefficient (Wildman–Crippen LogP) is 1.49. The maximum atomic E-state index is 13.4. The van der Waals surface area contributed by atoms with Crippen molar-refractivity contribution in [3.8, 4) is 11.1 Å². The van der Waals surface area contributed by atoms with Gasteiger partial charge in [-0.05, 0) is 27.8 Å². The monoisotopic (exact) mass is 457 g/mol. The van der Waals surface area contributed by atoms with Gasteiger partial charge in [0.1, 0.15) is 0 Å². The Balaban J connectivity index is 0.00000324. The van der Waals surface area contributed by atoms with Gasteiger partial charge in [-0.2, -0.15) is 0 Å². The molecule has 0 bridgehead atoms. The van der Waals surface area contributed by atoms with Crippen LogP contribution >= 0.6 is 0 Å². The quantitative estimate of drug-likeness (QED) is 0.377. The first kappa shape index (κ1) is 25.4. The Hall–Kier alpha value is -3.18. The molecule has 34 heavy (non-hydrogen) atoms. The maximum absolute atomic E-state index is 13.4. The molecule has 0 fully saturated rings. The van der Waals surface area contributed by atoms with Crippen LogP contribution in [0, 0.1) is 0 Å². The van der Waals surface area contributed by atoms with E-state index < -0.39 is 5.97 Å². The first-order valence-electron chi connectivity index (χ1n) is 10.9. The fourth-order valence-electron chi connectivity index (χ4n) is 3.94. The van der Waals surface area contributed by atoms with Crippen LogP contribution in [0.1, 0.15) is 27.0 Å². The van der Waals surface area contributed by atoms with Gasteiger partial charge >= 0.3 is 29.6 Å². The van der Waals surface area contributed by atoms with Crippen molar-refractivity contribution in [3.05, 3.63) is 131 Å². The van der Waals surface area contributed by atoms with Crippen LogP contribution in [0.4, 0.5) is 0 Å². The second-order valence-electron chi connectivity index (χ2n) is 7.89. The molecule has 4 aromatic rings. The van der Waals surface area contributed by atoms with E-state index in [0.717, 1.165) is 22.3 Å². The number of rotatable bonds is 8. The number of aromatic carboxylic acids is 1. The van der Waals surface area contributed by atoms with Gasteiger partial charge in [-0.25, -0.2) is 0 Å². The number of nitrogens with zero attached hydrogens (tertiary/aromatic N) is 1. The van der Waals surface area contributed by atoms with Gasteiger partial charge in [-0.3, -0.25) is 4.79 Å². The van der Waals surface area contributed by atoms with Crippen molar-refractivity contribution in [2.45, 2.75) is 19.5 Å². The summed E-state index contributed by atoms with van der Waals surface area (Å²) in [6.45, 7) is 0.821. The summed E-state index contributed by atoms with van der Waals surface area (Å²) in [6, 6.07) is 34.0. The topological polar surface area (TPSA) is 60.4 Å². The molecule has 0 unspecified atom stereocenters. The van der Waals surface area contributed by atoms with Crippen LogP contribution in [0.15, 0.2) is 109 Å². The summed E-state index contributed by atoms with van der Waals surface area (Å²) >= 11 is 0. The molecule has 0 N–H and O–H groups in total. The van der Waals surface area contributed by atoms with E-state index in [2.05, 4.69) is 0 Å². The number of amides is 1. The smallest absolute Gasteiger partial charge is 0.545 e. The Morgan fingerprint density at radius 3 is 1.79 bits per heavy atom. The molecule has 1 amide bonds. The van der Waals surface area contributed by atoms with Crippen LogP contribution in [-0.4, -0.2) is 16.8 Å². The van der Waals surface area contributed by atoms with E-state index in [1.807, 2.05) is 89.8 Å². The van der Waals surface area contributed by atoms with E-state index in [1.165, 1.54) is 0 Å². The maximum Gasteiger partial charge on any atom is 1.00 e. The van der Waals surface area contributed by atoms with Crippen molar-refractivity contribution in [1.82, 2.24) is 4.90 Å². The minimum absolute atomic E-state index is 0. The molecule has 0 spiro atoms. The standard InChI is InChI=1S/C29H25NO3.Na/c31-28(19-22-11-3-1-4-12-22)30(20-23-13-5-2-6-14-23)21-24-15-7-8-16-25(24)26-17-9-10-18-27(26)29(32)33;/h1-18H,19-21H2,(H,32,33);/q;+1/p-1. The van der Waals surface area contributed by atoms with E-state index in [-0.39, 0.29) is 41.0 Å². The van der Waals surface area contributed by atoms with Crippen molar-refractivity contribution >= 4 is 11.9 Å². The number of hydrogen-bond donors (Lipinski definition) is 0. The number of carbonyl (C=O) groups is 2. The van der Waals surface area contributed by atoms with Crippen molar-refractivity contribution in [2.24, 2.45) is 0 Å². The summed E-state index contributed by atoms with van der Waals surface area (Å²) in [6.07, 6.45) is 0.297. The third-order valence-corrected chi connectivity index (χ3v) is 5.58. The van der Waals surface area contributed by atoms with Gasteiger partial charge in [0, 0.05) is 18.7 Å². The summed E-state index contributed by atoms with van der Waals surface area (Å²) in [4.78, 5) is 26.9. The molecule has 4 aromatic carbocycles. The second kappa shape index (κ2) is 12.3. The second-order valence-corrected chi connectivity index (χ2v) is 7.89. The van der Waals surface area contributed by atoms with Gasteiger partial charge in [0.15, 0.2) is 0 Å². The molecule has 0 aliphatic carbocycles. The Labute approximate surface area is 222 Å². The summed E-state index contributed by atoms with van der Waals surface area (Å²) in [5.41, 5.74) is 4.37. The fourth-order valence-corrected chi connectivity index (χ4v) is 3.94. The number of carboxylic acid groups (broad SMARTS) is 1. The molecule has 164 valence electrons. The summed E-state index contributed by atoms with van der Waals surface area (Å²) < 4.78 is 0. The molecule has 0 heterocycles. The van der Waals surface area contributed by atoms with E-state index >= 15 is 0 Å². The van der Waals surface area contributed by atoms with Gasteiger partial charge in [0.05, 0.1) is 12.4 Å². The third-order valence-electron chi connectivity index (χ3n) is 5.58. The Morgan fingerprint density at radius 2 is 1.15 bits per heavy atom. The SMILES string of the molecule is O=C([O-])c1ccccc1-c1ccccc1CN(Cc1ccccc1)C(=O)Cc1ccccc1.[Na+]. The van der Waals surface area contributed by atoms with E-state index in [4.69, 9.17) is 0 Å². The van der Waals surface area contributed by atoms with E-state index in [9.17, 15) is 14.7 Å². The van der Waals surface area contributed by atoms with Crippen LogP contribution in [0.3, 0.4) is 0 Å². The average Bonchev–Trinajstić information content (AvgIpc) is 2.85. The van der Waals surface area contributed by atoms with Crippen LogP contribution in [0.2, 0.25) is 0 Å². The number of carboxylic acids is 1. The van der Waals surface area contributed by atoms with Crippen LogP contribution in [0.5, 0.6) is 0 Å². The summed E-state index contributed by atoms with van der Waals surface area (Å²) in [5.74, 6) is -1.21. The molecular formula is C29H24NNaO3. The summed E-state index contributed by atoms with van der Waals surface area (Å²) in [7, 11) is 0. The van der Waals surface area contributed by atoms with Gasteiger partial charge < -0.3 is 14.8 Å². The van der Waals surface area contributed by atoms with E-state index in [1.54, 1.807) is 24.3 Å². The number of carbonyl (C=O) groups excluding carboxylic acids is 2. The van der Waals surface area contributed by atoms with Gasteiger partial charge in [0.2, 0.25) is 5.91 Å². The molecule has 0 aliphatic rings. The van der Waals surface area contributed by atoms with E-state index in [0.29, 0.717) is 25.1 Å². The van der Waals surface area contributed by atoms with Crippen LogP contribution in [-0.2, 0) is 24.3 Å². The first-order valence-corrected chi connectivity index (χ1v) is 10.9. The molecule has 0 saturated carbocycles. The van der Waals surface area contributed by atoms with Gasteiger partial charge in [-0.15, -0.1) is 0 Å². The van der Waals surface area contributed by atoms with Gasteiger partial charge in [-0.1, -0.05) is 109 Å². The molecule has 0 atom stereocenters. The Morgan fingerprint density at radius 1 is 0.618 bits per heavy atom. The molecule has 0 radical (unpaired) electrons. The number of benzene rings is 4. The fraction of sp³-hybridized carbons (Fsp3) is 0.103. The molecule has 4 nitrogen and oxygen atoms in total. The van der Waals surface area contributed by atoms with Crippen molar-refractivity contribution < 1.29 is 44.3 Å². The molecule has 0 aliphatic heterocycles. The average molecular weight is 458 g/mol. The molecular weight excluding hydrogens is 433 g/mol. The minimum Gasteiger partial charge on any atom is -0.545 e. The number of hydrogen-bond acceptors (Lipinski definition) is 3. The van der Waals surface area contributed by atoms with Gasteiger partial charge in [0.25, 0.3) is 0 Å². The minimum atomic E-state index is -1.22. The third kappa shape index (κ3) is 6.45. The van der Waals surface area contributed by atoms with Crippen molar-refractivity contribution in [2.75, 3.05) is 0 Å². The normalized spacial score (nSPS) is 10.2. The molecule has 4 rings (SSSR count). The zero-order valence-corrected chi connectivity index (χ0v) is 21.2.